The molecule has 3 nitrogen and oxygen atoms in total. The Labute approximate surface area is 108 Å². The van der Waals surface area contributed by atoms with Crippen LogP contribution in [0.2, 0.25) is 0 Å². The summed E-state index contributed by atoms with van der Waals surface area (Å²) >= 11 is 0. The first-order valence-corrected chi connectivity index (χ1v) is 6.98. The summed E-state index contributed by atoms with van der Waals surface area (Å²) in [6.45, 7) is 15.8. The summed E-state index contributed by atoms with van der Waals surface area (Å²) in [5.74, 6) is 0. The number of nitrogens with zero attached hydrogens (tertiary/aromatic N) is 1. The molecule has 0 saturated carbocycles. The van der Waals surface area contributed by atoms with Gasteiger partial charge in [0.15, 0.2) is 0 Å². The molecular formula is C14H32N2O. The highest BCUT2D eigenvalue weighted by molar-refractivity contribution is 4.78. The summed E-state index contributed by atoms with van der Waals surface area (Å²) in [5, 5.41) is 12.4. The van der Waals surface area contributed by atoms with Crippen LogP contribution in [0.25, 0.3) is 0 Å². The number of nitrogens with one attached hydrogen (secondary N) is 1. The zero-order chi connectivity index (χ0) is 13.3. The smallest absolute Gasteiger partial charge is 0.0443 e. The van der Waals surface area contributed by atoms with Gasteiger partial charge in [0.1, 0.15) is 0 Å². The van der Waals surface area contributed by atoms with Gasteiger partial charge in [-0.1, -0.05) is 20.8 Å². The fraction of sp³-hybridized carbons (Fsp3) is 1.00. The van der Waals surface area contributed by atoms with Crippen molar-refractivity contribution in [1.29, 1.82) is 0 Å². The highest BCUT2D eigenvalue weighted by Gasteiger charge is 2.22. The largest absolute Gasteiger partial charge is 0.396 e. The first-order chi connectivity index (χ1) is 7.93. The van der Waals surface area contributed by atoms with Crippen molar-refractivity contribution in [3.63, 3.8) is 0 Å². The normalized spacial score (nSPS) is 12.7. The Bertz CT molecular complexity index is 181. The monoisotopic (exact) mass is 244 g/mol. The molecule has 0 aliphatic rings. The molecule has 0 rings (SSSR count). The molecule has 0 aromatic carbocycles. The summed E-state index contributed by atoms with van der Waals surface area (Å²) in [4.78, 5) is 2.46. The SMILES string of the molecule is CCCNCC(C)(C)CN(CCCO)C(C)C. The van der Waals surface area contributed by atoms with E-state index in [2.05, 4.69) is 44.8 Å². The third-order valence-corrected chi connectivity index (χ3v) is 3.00. The van der Waals surface area contributed by atoms with Crippen LogP contribution in [-0.2, 0) is 0 Å². The minimum atomic E-state index is 0.287. The highest BCUT2D eigenvalue weighted by atomic mass is 16.3. The van der Waals surface area contributed by atoms with Crippen molar-refractivity contribution in [2.45, 2.75) is 53.5 Å². The average Bonchev–Trinajstić information content (AvgIpc) is 2.24. The number of aliphatic hydroxyl groups is 1. The van der Waals surface area contributed by atoms with Crippen molar-refractivity contribution >= 4 is 0 Å². The first kappa shape index (κ1) is 16.9. The lowest BCUT2D eigenvalue weighted by Crippen LogP contribution is -2.44. The van der Waals surface area contributed by atoms with Crippen LogP contribution >= 0.6 is 0 Å². The highest BCUT2D eigenvalue weighted by Crippen LogP contribution is 2.17. The molecule has 0 radical (unpaired) electrons. The van der Waals surface area contributed by atoms with Crippen molar-refractivity contribution < 1.29 is 5.11 Å². The van der Waals surface area contributed by atoms with Gasteiger partial charge in [0, 0.05) is 32.3 Å². The predicted octanol–water partition coefficient (Wildman–Crippen LogP) is 2.10. The molecule has 17 heavy (non-hydrogen) atoms. The van der Waals surface area contributed by atoms with E-state index in [1.165, 1.54) is 6.42 Å². The maximum Gasteiger partial charge on any atom is 0.0443 e. The summed E-state index contributed by atoms with van der Waals surface area (Å²) in [5.41, 5.74) is 0.287. The first-order valence-electron chi connectivity index (χ1n) is 6.98. The molecule has 0 unspecified atom stereocenters. The maximum absolute atomic E-state index is 8.93. The molecule has 0 amide bonds. The topological polar surface area (TPSA) is 35.5 Å². The molecule has 0 aromatic rings. The second-order valence-corrected chi connectivity index (χ2v) is 5.98. The van der Waals surface area contributed by atoms with Crippen LogP contribution in [-0.4, -0.2) is 48.8 Å². The quantitative estimate of drug-likeness (QED) is 0.578. The number of hydrogen-bond donors (Lipinski definition) is 2. The second kappa shape index (κ2) is 8.90. The molecule has 0 atom stereocenters. The van der Waals surface area contributed by atoms with E-state index in [0.717, 1.165) is 32.6 Å². The van der Waals surface area contributed by atoms with E-state index in [1.54, 1.807) is 0 Å². The van der Waals surface area contributed by atoms with Gasteiger partial charge in [-0.3, -0.25) is 0 Å². The minimum absolute atomic E-state index is 0.287. The van der Waals surface area contributed by atoms with Gasteiger partial charge >= 0.3 is 0 Å². The Morgan fingerprint density at radius 3 is 2.41 bits per heavy atom. The molecule has 0 fully saturated rings. The van der Waals surface area contributed by atoms with Crippen molar-refractivity contribution in [3.8, 4) is 0 Å². The lowest BCUT2D eigenvalue weighted by atomic mass is 9.92. The molecule has 0 saturated heterocycles. The number of hydrogen-bond acceptors (Lipinski definition) is 3. The molecule has 104 valence electrons. The van der Waals surface area contributed by atoms with E-state index in [0.29, 0.717) is 6.04 Å². The summed E-state index contributed by atoms with van der Waals surface area (Å²) in [7, 11) is 0. The molecule has 2 N–H and O–H groups in total. The summed E-state index contributed by atoms with van der Waals surface area (Å²) in [6.07, 6.45) is 2.06. The summed E-state index contributed by atoms with van der Waals surface area (Å²) < 4.78 is 0. The van der Waals surface area contributed by atoms with Crippen molar-refractivity contribution in [2.75, 3.05) is 32.8 Å². The van der Waals surface area contributed by atoms with Crippen LogP contribution in [0.3, 0.4) is 0 Å². The van der Waals surface area contributed by atoms with E-state index in [9.17, 15) is 0 Å². The van der Waals surface area contributed by atoms with E-state index < -0.39 is 0 Å². The van der Waals surface area contributed by atoms with Gasteiger partial charge < -0.3 is 15.3 Å². The third kappa shape index (κ3) is 8.58. The Morgan fingerprint density at radius 1 is 1.29 bits per heavy atom. The van der Waals surface area contributed by atoms with Crippen LogP contribution in [0.4, 0.5) is 0 Å². The van der Waals surface area contributed by atoms with Crippen molar-refractivity contribution in [2.24, 2.45) is 5.41 Å². The van der Waals surface area contributed by atoms with E-state index >= 15 is 0 Å². The average molecular weight is 244 g/mol. The standard InChI is InChI=1S/C14H32N2O/c1-6-8-15-11-14(4,5)12-16(13(2)3)9-7-10-17/h13,15,17H,6-12H2,1-5H3. The van der Waals surface area contributed by atoms with Gasteiger partial charge in [-0.15, -0.1) is 0 Å². The van der Waals surface area contributed by atoms with Crippen LogP contribution in [0.1, 0.15) is 47.5 Å². The fourth-order valence-corrected chi connectivity index (χ4v) is 2.00. The van der Waals surface area contributed by atoms with Gasteiger partial charge in [0.25, 0.3) is 0 Å². The van der Waals surface area contributed by atoms with Crippen LogP contribution in [0.15, 0.2) is 0 Å². The molecule has 0 spiro atoms. The minimum Gasteiger partial charge on any atom is -0.396 e. The van der Waals surface area contributed by atoms with Gasteiger partial charge in [-0.2, -0.15) is 0 Å². The molecule has 0 aliphatic carbocycles. The van der Waals surface area contributed by atoms with Crippen LogP contribution in [0, 0.1) is 5.41 Å². The van der Waals surface area contributed by atoms with Gasteiger partial charge in [0.05, 0.1) is 0 Å². The Balaban J connectivity index is 4.11. The molecule has 0 aliphatic heterocycles. The van der Waals surface area contributed by atoms with Crippen molar-refractivity contribution in [3.05, 3.63) is 0 Å². The molecule has 3 heteroatoms. The fourth-order valence-electron chi connectivity index (χ4n) is 2.00. The van der Waals surface area contributed by atoms with Gasteiger partial charge in [-0.25, -0.2) is 0 Å². The Kier molecular flexibility index (Phi) is 8.83. The molecule has 0 bridgehead atoms. The van der Waals surface area contributed by atoms with Crippen LogP contribution in [0.5, 0.6) is 0 Å². The zero-order valence-electron chi connectivity index (χ0n) is 12.4. The summed E-state index contributed by atoms with van der Waals surface area (Å²) in [6, 6.07) is 0.548. The lowest BCUT2D eigenvalue weighted by molar-refractivity contribution is 0.131. The predicted molar refractivity (Wildman–Crippen MR) is 75.4 cm³/mol. The van der Waals surface area contributed by atoms with Crippen molar-refractivity contribution in [1.82, 2.24) is 10.2 Å². The number of rotatable bonds is 10. The molecule has 0 aromatic heterocycles. The van der Waals surface area contributed by atoms with E-state index in [-0.39, 0.29) is 12.0 Å². The van der Waals surface area contributed by atoms with Crippen LogP contribution < -0.4 is 5.32 Å². The molecule has 0 heterocycles. The zero-order valence-corrected chi connectivity index (χ0v) is 12.4. The Hall–Kier alpha value is -0.120. The van der Waals surface area contributed by atoms with Gasteiger partial charge in [-0.05, 0) is 38.6 Å². The van der Waals surface area contributed by atoms with E-state index in [1.807, 2.05) is 0 Å². The maximum atomic E-state index is 8.93. The number of aliphatic hydroxyl groups excluding tert-OH is 1. The third-order valence-electron chi connectivity index (χ3n) is 3.00. The lowest BCUT2D eigenvalue weighted by Gasteiger charge is -2.35. The Morgan fingerprint density at radius 2 is 1.94 bits per heavy atom. The second-order valence-electron chi connectivity index (χ2n) is 5.98. The van der Waals surface area contributed by atoms with E-state index in [4.69, 9.17) is 5.11 Å². The van der Waals surface area contributed by atoms with Gasteiger partial charge in [0.2, 0.25) is 0 Å². The molecular weight excluding hydrogens is 212 g/mol.